The lowest BCUT2D eigenvalue weighted by atomic mass is 10.0. The molecule has 1 aliphatic heterocycles. The predicted molar refractivity (Wildman–Crippen MR) is 52.3 cm³/mol. The Bertz CT molecular complexity index is 254. The summed E-state index contributed by atoms with van der Waals surface area (Å²) < 4.78 is 5.54. The molecule has 0 aromatic heterocycles. The van der Waals surface area contributed by atoms with Crippen molar-refractivity contribution in [3.63, 3.8) is 0 Å². The van der Waals surface area contributed by atoms with Gasteiger partial charge in [0.1, 0.15) is 0 Å². The van der Waals surface area contributed by atoms with E-state index in [0.717, 1.165) is 19.4 Å². The van der Waals surface area contributed by atoms with Crippen molar-refractivity contribution in [1.82, 2.24) is 0 Å². The number of benzene rings is 1. The molecule has 2 N–H and O–H groups in total. The Balaban J connectivity index is 2.08. The SMILES string of the molecule is N[C@H](c1ccccc1)[C@@H]1CCCO1. The van der Waals surface area contributed by atoms with Crippen LogP contribution in [-0.4, -0.2) is 12.7 Å². The quantitative estimate of drug-likeness (QED) is 0.748. The first-order valence-corrected chi connectivity index (χ1v) is 4.80. The highest BCUT2D eigenvalue weighted by atomic mass is 16.5. The molecule has 2 atom stereocenters. The standard InChI is InChI=1S/C11H15NO/c12-11(10-7-4-8-13-10)9-5-2-1-3-6-9/h1-3,5-6,10-11H,4,7-8,12H2/t10-,11+/m0/s1. The molecule has 70 valence electrons. The minimum Gasteiger partial charge on any atom is -0.376 e. The fourth-order valence-electron chi connectivity index (χ4n) is 1.78. The van der Waals surface area contributed by atoms with E-state index in [9.17, 15) is 0 Å². The van der Waals surface area contributed by atoms with Crippen molar-refractivity contribution in [1.29, 1.82) is 0 Å². The summed E-state index contributed by atoms with van der Waals surface area (Å²) in [6.07, 6.45) is 2.46. The first kappa shape index (κ1) is 8.73. The lowest BCUT2D eigenvalue weighted by Crippen LogP contribution is -2.25. The molecule has 1 aromatic carbocycles. The van der Waals surface area contributed by atoms with Crippen LogP contribution in [-0.2, 0) is 4.74 Å². The smallest absolute Gasteiger partial charge is 0.0768 e. The van der Waals surface area contributed by atoms with Crippen LogP contribution in [0.1, 0.15) is 24.4 Å². The highest BCUT2D eigenvalue weighted by Gasteiger charge is 2.23. The van der Waals surface area contributed by atoms with Gasteiger partial charge < -0.3 is 10.5 Å². The molecule has 1 fully saturated rings. The van der Waals surface area contributed by atoms with E-state index in [-0.39, 0.29) is 12.1 Å². The molecule has 0 saturated carbocycles. The fourth-order valence-corrected chi connectivity index (χ4v) is 1.78. The number of rotatable bonds is 2. The monoisotopic (exact) mass is 177 g/mol. The van der Waals surface area contributed by atoms with Crippen LogP contribution in [0.5, 0.6) is 0 Å². The van der Waals surface area contributed by atoms with Gasteiger partial charge in [-0.1, -0.05) is 30.3 Å². The normalized spacial score (nSPS) is 24.5. The van der Waals surface area contributed by atoms with Gasteiger partial charge in [-0.05, 0) is 18.4 Å². The molecule has 0 amide bonds. The number of nitrogens with two attached hydrogens (primary N) is 1. The molecule has 1 saturated heterocycles. The zero-order chi connectivity index (χ0) is 9.10. The topological polar surface area (TPSA) is 35.2 Å². The summed E-state index contributed by atoms with van der Waals surface area (Å²) >= 11 is 0. The Morgan fingerprint density at radius 3 is 2.69 bits per heavy atom. The third kappa shape index (κ3) is 1.90. The van der Waals surface area contributed by atoms with Crippen molar-refractivity contribution in [3.05, 3.63) is 35.9 Å². The van der Waals surface area contributed by atoms with E-state index in [1.165, 1.54) is 5.56 Å². The second-order valence-electron chi connectivity index (χ2n) is 3.49. The molecule has 0 spiro atoms. The van der Waals surface area contributed by atoms with Crippen molar-refractivity contribution in [2.45, 2.75) is 25.0 Å². The van der Waals surface area contributed by atoms with Gasteiger partial charge in [-0.3, -0.25) is 0 Å². The molecule has 1 aromatic rings. The molecular formula is C11H15NO. The van der Waals surface area contributed by atoms with Crippen LogP contribution >= 0.6 is 0 Å². The van der Waals surface area contributed by atoms with Crippen molar-refractivity contribution < 1.29 is 4.74 Å². The van der Waals surface area contributed by atoms with Gasteiger partial charge in [0.05, 0.1) is 12.1 Å². The van der Waals surface area contributed by atoms with Gasteiger partial charge in [0.15, 0.2) is 0 Å². The van der Waals surface area contributed by atoms with Gasteiger partial charge in [-0.2, -0.15) is 0 Å². The van der Waals surface area contributed by atoms with Crippen LogP contribution in [0.4, 0.5) is 0 Å². The third-order valence-electron chi connectivity index (χ3n) is 2.55. The van der Waals surface area contributed by atoms with E-state index in [0.29, 0.717) is 0 Å². The van der Waals surface area contributed by atoms with Gasteiger partial charge in [0, 0.05) is 6.61 Å². The average molecular weight is 177 g/mol. The van der Waals surface area contributed by atoms with Crippen molar-refractivity contribution in [3.8, 4) is 0 Å². The summed E-state index contributed by atoms with van der Waals surface area (Å²) in [5.74, 6) is 0. The Morgan fingerprint density at radius 2 is 2.08 bits per heavy atom. The summed E-state index contributed by atoms with van der Waals surface area (Å²) in [5.41, 5.74) is 7.25. The Labute approximate surface area is 78.7 Å². The second kappa shape index (κ2) is 3.90. The summed E-state index contributed by atoms with van der Waals surface area (Å²) in [7, 11) is 0. The second-order valence-corrected chi connectivity index (χ2v) is 3.49. The van der Waals surface area contributed by atoms with E-state index < -0.39 is 0 Å². The lowest BCUT2D eigenvalue weighted by molar-refractivity contribution is 0.0900. The molecule has 2 nitrogen and oxygen atoms in total. The Hall–Kier alpha value is -0.860. The number of ether oxygens (including phenoxy) is 1. The highest BCUT2D eigenvalue weighted by molar-refractivity contribution is 5.19. The van der Waals surface area contributed by atoms with Gasteiger partial charge in [0.25, 0.3) is 0 Å². The maximum atomic E-state index is 6.08. The maximum Gasteiger partial charge on any atom is 0.0768 e. The third-order valence-corrected chi connectivity index (χ3v) is 2.55. The summed E-state index contributed by atoms with van der Waals surface area (Å²) in [6.45, 7) is 0.866. The molecule has 13 heavy (non-hydrogen) atoms. The molecular weight excluding hydrogens is 162 g/mol. The number of hydrogen-bond donors (Lipinski definition) is 1. The van der Waals surface area contributed by atoms with Crippen LogP contribution in [0, 0.1) is 0 Å². The summed E-state index contributed by atoms with van der Waals surface area (Å²) in [5, 5.41) is 0. The first-order chi connectivity index (χ1) is 6.38. The predicted octanol–water partition coefficient (Wildman–Crippen LogP) is 1.87. The van der Waals surface area contributed by atoms with Crippen LogP contribution in [0.2, 0.25) is 0 Å². The zero-order valence-corrected chi connectivity index (χ0v) is 7.65. The van der Waals surface area contributed by atoms with Crippen LogP contribution in [0.3, 0.4) is 0 Å². The zero-order valence-electron chi connectivity index (χ0n) is 7.65. The van der Waals surface area contributed by atoms with Crippen molar-refractivity contribution in [2.24, 2.45) is 5.73 Å². The van der Waals surface area contributed by atoms with E-state index in [2.05, 4.69) is 12.1 Å². The minimum atomic E-state index is 0.0451. The fraction of sp³-hybridized carbons (Fsp3) is 0.455. The van der Waals surface area contributed by atoms with Gasteiger partial charge >= 0.3 is 0 Å². The van der Waals surface area contributed by atoms with E-state index in [4.69, 9.17) is 10.5 Å². The largest absolute Gasteiger partial charge is 0.376 e. The summed E-state index contributed by atoms with van der Waals surface area (Å²) in [6, 6.07) is 10.2. The van der Waals surface area contributed by atoms with Crippen molar-refractivity contribution in [2.75, 3.05) is 6.61 Å². The van der Waals surface area contributed by atoms with E-state index >= 15 is 0 Å². The molecule has 2 rings (SSSR count). The maximum absolute atomic E-state index is 6.08. The lowest BCUT2D eigenvalue weighted by Gasteiger charge is -2.18. The van der Waals surface area contributed by atoms with Gasteiger partial charge in [0.2, 0.25) is 0 Å². The molecule has 0 aliphatic carbocycles. The Kier molecular flexibility index (Phi) is 2.62. The summed E-state index contributed by atoms with van der Waals surface area (Å²) in [4.78, 5) is 0. The average Bonchev–Trinajstić information content (AvgIpc) is 2.71. The molecule has 0 radical (unpaired) electrons. The number of hydrogen-bond acceptors (Lipinski definition) is 2. The van der Waals surface area contributed by atoms with E-state index in [1.807, 2.05) is 18.2 Å². The molecule has 1 heterocycles. The van der Waals surface area contributed by atoms with Gasteiger partial charge in [-0.25, -0.2) is 0 Å². The Morgan fingerprint density at radius 1 is 1.31 bits per heavy atom. The van der Waals surface area contributed by atoms with E-state index in [1.54, 1.807) is 0 Å². The molecule has 0 unspecified atom stereocenters. The van der Waals surface area contributed by atoms with Crippen LogP contribution in [0.25, 0.3) is 0 Å². The van der Waals surface area contributed by atoms with Crippen LogP contribution < -0.4 is 5.73 Å². The minimum absolute atomic E-state index is 0.0451. The first-order valence-electron chi connectivity index (χ1n) is 4.80. The van der Waals surface area contributed by atoms with Crippen LogP contribution in [0.15, 0.2) is 30.3 Å². The highest BCUT2D eigenvalue weighted by Crippen LogP contribution is 2.24. The molecule has 0 bridgehead atoms. The molecule has 2 heteroatoms. The van der Waals surface area contributed by atoms with Crippen molar-refractivity contribution >= 4 is 0 Å². The molecule has 1 aliphatic rings. The van der Waals surface area contributed by atoms with Gasteiger partial charge in [-0.15, -0.1) is 0 Å².